The van der Waals surface area contributed by atoms with Crippen LogP contribution in [0, 0.1) is 12.7 Å². The highest BCUT2D eigenvalue weighted by Crippen LogP contribution is 2.26. The van der Waals surface area contributed by atoms with Crippen LogP contribution in [0.3, 0.4) is 0 Å². The van der Waals surface area contributed by atoms with Gasteiger partial charge in [0, 0.05) is 0 Å². The van der Waals surface area contributed by atoms with Gasteiger partial charge in [0.05, 0.1) is 0 Å². The van der Waals surface area contributed by atoms with Gasteiger partial charge < -0.3 is 0 Å². The molecule has 0 aliphatic rings. The molecular weight excluding hydrogens is 174 g/mol. The van der Waals surface area contributed by atoms with Crippen molar-refractivity contribution in [3.8, 4) is 0 Å². The minimum absolute atomic E-state index is 0.0866. The van der Waals surface area contributed by atoms with Crippen LogP contribution in [0.1, 0.15) is 37.8 Å². The molecule has 0 radical (unpaired) electrons. The zero-order chi connectivity index (χ0) is 10.8. The Hall–Kier alpha value is -0.785. The summed E-state index contributed by atoms with van der Waals surface area (Å²) in [5.41, 5.74) is 1.82. The van der Waals surface area contributed by atoms with Crippen molar-refractivity contribution in [3.63, 3.8) is 0 Å². The Balaban J connectivity index is 3.01. The Kier molecular flexibility index (Phi) is 3.36. The lowest BCUT2D eigenvalue weighted by Crippen LogP contribution is -2.21. The molecule has 0 fully saturated rings. The molecule has 1 rings (SSSR count). The second-order valence-corrected chi connectivity index (χ2v) is 4.60. The van der Waals surface area contributed by atoms with E-state index in [2.05, 4.69) is 21.7 Å². The number of benzene rings is 1. The SMILES string of the molecule is BC(C)(CCC)c1ccc(C)c(F)c1. The Morgan fingerprint density at radius 3 is 2.57 bits per heavy atom. The summed E-state index contributed by atoms with van der Waals surface area (Å²) in [7, 11) is 2.17. The molecule has 76 valence electrons. The van der Waals surface area contributed by atoms with Crippen molar-refractivity contribution in [3.05, 3.63) is 35.1 Å². The fourth-order valence-corrected chi connectivity index (χ4v) is 1.78. The predicted molar refractivity (Wildman–Crippen MR) is 61.9 cm³/mol. The van der Waals surface area contributed by atoms with Crippen molar-refractivity contribution >= 4 is 7.85 Å². The molecule has 1 atom stereocenters. The third kappa shape index (κ3) is 2.37. The van der Waals surface area contributed by atoms with Gasteiger partial charge in [-0.05, 0) is 29.4 Å². The predicted octanol–water partition coefficient (Wildman–Crippen LogP) is 2.78. The molecule has 0 amide bonds. The van der Waals surface area contributed by atoms with Crippen molar-refractivity contribution in [2.45, 2.75) is 38.9 Å². The highest BCUT2D eigenvalue weighted by atomic mass is 19.1. The summed E-state index contributed by atoms with van der Waals surface area (Å²) in [4.78, 5) is 0. The van der Waals surface area contributed by atoms with Crippen LogP contribution in [-0.2, 0) is 5.31 Å². The van der Waals surface area contributed by atoms with Gasteiger partial charge >= 0.3 is 0 Å². The molecule has 0 bridgehead atoms. The van der Waals surface area contributed by atoms with Crippen LogP contribution in [0.4, 0.5) is 4.39 Å². The number of halogens is 1. The van der Waals surface area contributed by atoms with Crippen LogP contribution in [0.5, 0.6) is 0 Å². The molecule has 0 nitrogen and oxygen atoms in total. The molecule has 0 heterocycles. The number of rotatable bonds is 3. The molecule has 0 N–H and O–H groups in total. The lowest BCUT2D eigenvalue weighted by molar-refractivity contribution is 0.576. The largest absolute Gasteiger partial charge is 0.207 e. The van der Waals surface area contributed by atoms with Crippen molar-refractivity contribution < 1.29 is 4.39 Å². The summed E-state index contributed by atoms with van der Waals surface area (Å²) in [5, 5.41) is 0.0866. The maximum atomic E-state index is 13.3. The molecule has 0 saturated carbocycles. The van der Waals surface area contributed by atoms with Gasteiger partial charge in [-0.15, -0.1) is 0 Å². The van der Waals surface area contributed by atoms with Gasteiger partial charge in [0.25, 0.3) is 0 Å². The lowest BCUT2D eigenvalue weighted by Gasteiger charge is -2.25. The van der Waals surface area contributed by atoms with Crippen LogP contribution < -0.4 is 0 Å². The van der Waals surface area contributed by atoms with Crippen LogP contribution >= 0.6 is 0 Å². The van der Waals surface area contributed by atoms with Crippen molar-refractivity contribution in [1.82, 2.24) is 0 Å². The maximum absolute atomic E-state index is 13.3. The Morgan fingerprint density at radius 1 is 1.43 bits per heavy atom. The summed E-state index contributed by atoms with van der Waals surface area (Å²) in [6, 6.07) is 5.57. The molecule has 0 aromatic heterocycles. The van der Waals surface area contributed by atoms with E-state index in [0.717, 1.165) is 24.0 Å². The highest BCUT2D eigenvalue weighted by molar-refractivity contribution is 6.15. The Morgan fingerprint density at radius 2 is 2.07 bits per heavy atom. The quantitative estimate of drug-likeness (QED) is 0.646. The van der Waals surface area contributed by atoms with E-state index in [0.29, 0.717) is 0 Å². The van der Waals surface area contributed by atoms with Gasteiger partial charge in [-0.2, -0.15) is 0 Å². The van der Waals surface area contributed by atoms with E-state index < -0.39 is 0 Å². The number of hydrogen-bond donors (Lipinski definition) is 0. The molecule has 1 unspecified atom stereocenters. The molecule has 0 saturated heterocycles. The van der Waals surface area contributed by atoms with E-state index in [9.17, 15) is 4.39 Å². The van der Waals surface area contributed by atoms with E-state index in [1.807, 2.05) is 12.1 Å². The fraction of sp³-hybridized carbons (Fsp3) is 0.500. The van der Waals surface area contributed by atoms with Gasteiger partial charge in [0.15, 0.2) is 0 Å². The van der Waals surface area contributed by atoms with Gasteiger partial charge in [-0.25, -0.2) is 4.39 Å². The zero-order valence-electron chi connectivity index (χ0n) is 9.52. The molecule has 1 aromatic rings. The van der Waals surface area contributed by atoms with Gasteiger partial charge in [-0.1, -0.05) is 38.8 Å². The Bertz CT molecular complexity index is 318. The first-order valence-corrected chi connectivity index (χ1v) is 5.24. The van der Waals surface area contributed by atoms with E-state index >= 15 is 0 Å². The average molecular weight is 192 g/mol. The average Bonchev–Trinajstić information content (AvgIpc) is 2.09. The van der Waals surface area contributed by atoms with Gasteiger partial charge in [0.1, 0.15) is 13.7 Å². The van der Waals surface area contributed by atoms with Gasteiger partial charge in [-0.3, -0.25) is 0 Å². The molecule has 0 aliphatic heterocycles. The zero-order valence-corrected chi connectivity index (χ0v) is 9.52. The monoisotopic (exact) mass is 192 g/mol. The molecule has 0 aliphatic carbocycles. The van der Waals surface area contributed by atoms with Crippen LogP contribution in [0.25, 0.3) is 0 Å². The van der Waals surface area contributed by atoms with Crippen LogP contribution in [0.2, 0.25) is 0 Å². The summed E-state index contributed by atoms with van der Waals surface area (Å²) in [5.74, 6) is -0.0910. The van der Waals surface area contributed by atoms with Crippen LogP contribution in [-0.4, -0.2) is 7.85 Å². The fourth-order valence-electron chi connectivity index (χ4n) is 1.78. The molecule has 0 spiro atoms. The first-order chi connectivity index (χ1) is 6.47. The number of aryl methyl sites for hydroxylation is 1. The third-order valence-corrected chi connectivity index (χ3v) is 2.83. The molecular formula is C12H18BF. The first kappa shape index (κ1) is 11.3. The minimum Gasteiger partial charge on any atom is -0.207 e. The standard InChI is InChI=1S/C12H18BF/c1-4-7-12(3,13)10-6-5-9(2)11(14)8-10/h5-6,8H,4,7,13H2,1-3H3. The topological polar surface area (TPSA) is 0 Å². The van der Waals surface area contributed by atoms with Crippen molar-refractivity contribution in [1.29, 1.82) is 0 Å². The maximum Gasteiger partial charge on any atom is 0.126 e. The van der Waals surface area contributed by atoms with E-state index in [-0.39, 0.29) is 11.1 Å². The van der Waals surface area contributed by atoms with E-state index in [4.69, 9.17) is 0 Å². The minimum atomic E-state index is -0.0910. The van der Waals surface area contributed by atoms with E-state index in [1.165, 1.54) is 0 Å². The molecule has 2 heteroatoms. The number of hydrogen-bond acceptors (Lipinski definition) is 0. The molecule has 1 aromatic carbocycles. The van der Waals surface area contributed by atoms with Crippen molar-refractivity contribution in [2.24, 2.45) is 0 Å². The Labute approximate surface area is 86.9 Å². The second kappa shape index (κ2) is 4.16. The smallest absolute Gasteiger partial charge is 0.126 e. The third-order valence-electron chi connectivity index (χ3n) is 2.83. The normalized spacial score (nSPS) is 15.1. The van der Waals surface area contributed by atoms with Crippen LogP contribution in [0.15, 0.2) is 18.2 Å². The summed E-state index contributed by atoms with van der Waals surface area (Å²) >= 11 is 0. The van der Waals surface area contributed by atoms with Gasteiger partial charge in [0.2, 0.25) is 0 Å². The summed E-state index contributed by atoms with van der Waals surface area (Å²) in [6.07, 6.45) is 2.22. The summed E-state index contributed by atoms with van der Waals surface area (Å²) < 4.78 is 13.3. The van der Waals surface area contributed by atoms with E-state index in [1.54, 1.807) is 13.0 Å². The highest BCUT2D eigenvalue weighted by Gasteiger charge is 2.19. The lowest BCUT2D eigenvalue weighted by atomic mass is 9.63. The first-order valence-electron chi connectivity index (χ1n) is 5.24. The second-order valence-electron chi connectivity index (χ2n) is 4.60. The molecule has 14 heavy (non-hydrogen) atoms. The summed E-state index contributed by atoms with van der Waals surface area (Å²) in [6.45, 7) is 6.12. The van der Waals surface area contributed by atoms with Crippen molar-refractivity contribution in [2.75, 3.05) is 0 Å².